The lowest BCUT2D eigenvalue weighted by molar-refractivity contribution is 0.0783. The molecule has 1 aliphatic rings. The van der Waals surface area contributed by atoms with E-state index >= 15 is 0 Å². The van der Waals surface area contributed by atoms with E-state index in [0.717, 1.165) is 31.8 Å². The number of aryl methyl sites for hydroxylation is 2. The topological polar surface area (TPSA) is 39.1 Å². The van der Waals surface area contributed by atoms with Crippen LogP contribution in [0, 0.1) is 6.92 Å². The number of hydrogen-bond acceptors (Lipinski definition) is 3. The number of rotatable bonds is 6. The van der Waals surface area contributed by atoms with Gasteiger partial charge in [-0.2, -0.15) is 5.10 Å². The monoisotopic (exact) mass is 251 g/mol. The van der Waals surface area contributed by atoms with Crippen LogP contribution >= 0.6 is 0 Å². The van der Waals surface area contributed by atoms with Crippen molar-refractivity contribution in [2.75, 3.05) is 13.2 Å². The van der Waals surface area contributed by atoms with Gasteiger partial charge in [-0.05, 0) is 39.3 Å². The van der Waals surface area contributed by atoms with Crippen LogP contribution in [-0.4, -0.2) is 35.1 Å². The van der Waals surface area contributed by atoms with E-state index in [9.17, 15) is 0 Å². The summed E-state index contributed by atoms with van der Waals surface area (Å²) in [6.07, 6.45) is 3.74. The van der Waals surface area contributed by atoms with Crippen LogP contribution in [0.1, 0.15) is 38.1 Å². The molecule has 1 aromatic heterocycles. The first-order valence-electron chi connectivity index (χ1n) is 7.12. The molecule has 4 heteroatoms. The fourth-order valence-electron chi connectivity index (χ4n) is 2.78. The van der Waals surface area contributed by atoms with E-state index in [-0.39, 0.29) is 0 Å². The smallest absolute Gasteiger partial charge is 0.0732 e. The van der Waals surface area contributed by atoms with Crippen molar-refractivity contribution >= 4 is 0 Å². The highest BCUT2D eigenvalue weighted by Crippen LogP contribution is 2.19. The predicted octanol–water partition coefficient (Wildman–Crippen LogP) is 1.91. The molecule has 0 saturated carbocycles. The molecule has 4 nitrogen and oxygen atoms in total. The molecule has 1 aliphatic heterocycles. The minimum Gasteiger partial charge on any atom is -0.377 e. The van der Waals surface area contributed by atoms with Gasteiger partial charge in [0.05, 0.1) is 11.8 Å². The molecule has 0 aromatic carbocycles. The first-order valence-corrected chi connectivity index (χ1v) is 7.12. The molecule has 0 spiro atoms. The van der Waals surface area contributed by atoms with E-state index in [1.807, 2.05) is 0 Å². The number of nitrogens with zero attached hydrogens (tertiary/aromatic N) is 2. The van der Waals surface area contributed by atoms with E-state index in [0.29, 0.717) is 12.1 Å². The van der Waals surface area contributed by atoms with Gasteiger partial charge in [0.25, 0.3) is 0 Å². The number of nitrogens with one attached hydrogen (secondary N) is 1. The normalized spacial score (nSPS) is 21.4. The average molecular weight is 251 g/mol. The summed E-state index contributed by atoms with van der Waals surface area (Å²) in [5.74, 6) is 0. The lowest BCUT2D eigenvalue weighted by Gasteiger charge is -2.24. The minimum atomic E-state index is 0.366. The molecule has 1 saturated heterocycles. The molecule has 1 N–H and O–H groups in total. The Morgan fingerprint density at radius 2 is 2.39 bits per heavy atom. The van der Waals surface area contributed by atoms with Crippen LogP contribution in [0.2, 0.25) is 0 Å². The second-order valence-electron chi connectivity index (χ2n) is 5.01. The standard InChI is InChI=1S/C14H25N3O/c1-4-15-13(14-7-6-8-18-14)10-12-9-11(3)16-17(12)5-2/h9,13-15H,4-8,10H2,1-3H3. The highest BCUT2D eigenvalue weighted by atomic mass is 16.5. The van der Waals surface area contributed by atoms with Gasteiger partial charge in [-0.3, -0.25) is 4.68 Å². The Morgan fingerprint density at radius 1 is 1.56 bits per heavy atom. The second kappa shape index (κ2) is 6.34. The SMILES string of the molecule is CCNC(Cc1cc(C)nn1CC)C1CCCO1. The van der Waals surface area contributed by atoms with Gasteiger partial charge in [-0.15, -0.1) is 0 Å². The van der Waals surface area contributed by atoms with Crippen LogP contribution < -0.4 is 5.32 Å². The van der Waals surface area contributed by atoms with Crippen LogP contribution in [-0.2, 0) is 17.7 Å². The highest BCUT2D eigenvalue weighted by Gasteiger charge is 2.26. The lowest BCUT2D eigenvalue weighted by Crippen LogP contribution is -2.41. The fourth-order valence-corrected chi connectivity index (χ4v) is 2.78. The van der Waals surface area contributed by atoms with Gasteiger partial charge >= 0.3 is 0 Å². The van der Waals surface area contributed by atoms with Crippen molar-refractivity contribution in [3.05, 3.63) is 17.5 Å². The Kier molecular flexibility index (Phi) is 4.78. The summed E-state index contributed by atoms with van der Waals surface area (Å²) >= 11 is 0. The van der Waals surface area contributed by atoms with Crippen molar-refractivity contribution < 1.29 is 4.74 Å². The highest BCUT2D eigenvalue weighted by molar-refractivity contribution is 5.11. The molecule has 0 aliphatic carbocycles. The van der Waals surface area contributed by atoms with Crippen LogP contribution in [0.5, 0.6) is 0 Å². The van der Waals surface area contributed by atoms with Crippen molar-refractivity contribution in [2.45, 2.75) is 58.7 Å². The molecule has 2 heterocycles. The largest absolute Gasteiger partial charge is 0.377 e. The first-order chi connectivity index (χ1) is 8.74. The predicted molar refractivity (Wildman–Crippen MR) is 72.8 cm³/mol. The maximum Gasteiger partial charge on any atom is 0.0732 e. The zero-order chi connectivity index (χ0) is 13.0. The zero-order valence-electron chi connectivity index (χ0n) is 11.8. The fraction of sp³-hybridized carbons (Fsp3) is 0.786. The summed E-state index contributed by atoms with van der Waals surface area (Å²) in [6, 6.07) is 2.61. The summed E-state index contributed by atoms with van der Waals surface area (Å²) in [6.45, 7) is 9.20. The molecular weight excluding hydrogens is 226 g/mol. The van der Waals surface area contributed by atoms with Gasteiger partial charge in [0.2, 0.25) is 0 Å². The third-order valence-corrected chi connectivity index (χ3v) is 3.59. The number of aromatic nitrogens is 2. The lowest BCUT2D eigenvalue weighted by atomic mass is 10.0. The maximum absolute atomic E-state index is 5.83. The van der Waals surface area contributed by atoms with Crippen molar-refractivity contribution in [2.24, 2.45) is 0 Å². The second-order valence-corrected chi connectivity index (χ2v) is 5.01. The molecule has 0 radical (unpaired) electrons. The summed E-state index contributed by atoms with van der Waals surface area (Å²) < 4.78 is 7.93. The van der Waals surface area contributed by atoms with Gasteiger partial charge in [0.1, 0.15) is 0 Å². The summed E-state index contributed by atoms with van der Waals surface area (Å²) in [4.78, 5) is 0. The van der Waals surface area contributed by atoms with E-state index < -0.39 is 0 Å². The average Bonchev–Trinajstić information content (AvgIpc) is 2.97. The van der Waals surface area contributed by atoms with Gasteiger partial charge in [0, 0.05) is 31.3 Å². The number of likely N-dealkylation sites (N-methyl/N-ethyl adjacent to an activating group) is 1. The van der Waals surface area contributed by atoms with Crippen LogP contribution in [0.25, 0.3) is 0 Å². The quantitative estimate of drug-likeness (QED) is 0.839. The van der Waals surface area contributed by atoms with E-state index in [1.54, 1.807) is 0 Å². The van der Waals surface area contributed by atoms with Crippen LogP contribution in [0.4, 0.5) is 0 Å². The number of hydrogen-bond donors (Lipinski definition) is 1. The summed E-state index contributed by atoms with van der Waals surface area (Å²) in [7, 11) is 0. The van der Waals surface area contributed by atoms with Crippen molar-refractivity contribution in [1.29, 1.82) is 0 Å². The van der Waals surface area contributed by atoms with E-state index in [1.165, 1.54) is 18.5 Å². The van der Waals surface area contributed by atoms with Crippen LogP contribution in [0.3, 0.4) is 0 Å². The number of ether oxygens (including phenoxy) is 1. The zero-order valence-corrected chi connectivity index (χ0v) is 11.8. The molecule has 2 unspecified atom stereocenters. The third kappa shape index (κ3) is 3.12. The Labute approximate surface area is 110 Å². The Balaban J connectivity index is 2.06. The Hall–Kier alpha value is -0.870. The molecule has 102 valence electrons. The van der Waals surface area contributed by atoms with Crippen molar-refractivity contribution in [3.63, 3.8) is 0 Å². The van der Waals surface area contributed by atoms with E-state index in [4.69, 9.17) is 4.74 Å². The molecule has 1 aromatic rings. The summed E-state index contributed by atoms with van der Waals surface area (Å²) in [5.41, 5.74) is 2.42. The van der Waals surface area contributed by atoms with Crippen LogP contribution in [0.15, 0.2) is 6.07 Å². The van der Waals surface area contributed by atoms with Crippen molar-refractivity contribution in [1.82, 2.24) is 15.1 Å². The Morgan fingerprint density at radius 3 is 3.00 bits per heavy atom. The van der Waals surface area contributed by atoms with Gasteiger partial charge in [0.15, 0.2) is 0 Å². The molecule has 0 amide bonds. The van der Waals surface area contributed by atoms with Crippen molar-refractivity contribution in [3.8, 4) is 0 Å². The first kappa shape index (κ1) is 13.6. The third-order valence-electron chi connectivity index (χ3n) is 3.59. The molecular formula is C14H25N3O. The molecule has 0 bridgehead atoms. The Bertz CT molecular complexity index is 369. The molecule has 1 fully saturated rings. The van der Waals surface area contributed by atoms with Gasteiger partial charge in [-0.25, -0.2) is 0 Å². The maximum atomic E-state index is 5.83. The van der Waals surface area contributed by atoms with Gasteiger partial charge < -0.3 is 10.1 Å². The van der Waals surface area contributed by atoms with Gasteiger partial charge in [-0.1, -0.05) is 6.92 Å². The molecule has 18 heavy (non-hydrogen) atoms. The minimum absolute atomic E-state index is 0.366. The summed E-state index contributed by atoms with van der Waals surface area (Å²) in [5, 5.41) is 8.08. The molecule has 2 atom stereocenters. The van der Waals surface area contributed by atoms with E-state index in [2.05, 4.69) is 41.9 Å². The molecule has 2 rings (SSSR count).